The maximum Gasteiger partial charge on any atom is 0.191 e. The van der Waals surface area contributed by atoms with Crippen molar-refractivity contribution >= 4 is 29.1 Å². The third kappa shape index (κ3) is 6.08. The highest BCUT2D eigenvalue weighted by molar-refractivity contribution is 7.98. The Bertz CT molecular complexity index is 946. The van der Waals surface area contributed by atoms with Crippen LogP contribution in [0, 0.1) is 13.8 Å². The molecule has 0 bridgehead atoms. The summed E-state index contributed by atoms with van der Waals surface area (Å²) >= 11 is 3.54. The number of thiophene rings is 1. The standard InChI is InChI=1S/C21H28N6S2/c1-15-7-8-17(19(12-15)28-4)13-23-21(22-10-9-18-6-5-11-29-18)24-14-20-26-25-16(2)27(20)3/h5-8,11-12H,9-10,13-14H2,1-4H3,(H2,22,23,24). The molecular weight excluding hydrogens is 400 g/mol. The minimum absolute atomic E-state index is 0.575. The lowest BCUT2D eigenvalue weighted by molar-refractivity contribution is 0.713. The third-order valence-corrected chi connectivity index (χ3v) is 6.45. The van der Waals surface area contributed by atoms with Gasteiger partial charge in [-0.3, -0.25) is 0 Å². The molecule has 0 fully saturated rings. The van der Waals surface area contributed by atoms with Crippen molar-refractivity contribution in [1.82, 2.24) is 25.4 Å². The number of nitrogens with zero attached hydrogens (tertiary/aromatic N) is 4. The zero-order valence-corrected chi connectivity index (χ0v) is 19.0. The predicted octanol–water partition coefficient (Wildman–Crippen LogP) is 3.69. The zero-order valence-electron chi connectivity index (χ0n) is 17.4. The molecule has 154 valence electrons. The van der Waals surface area contributed by atoms with Gasteiger partial charge in [0.1, 0.15) is 5.82 Å². The van der Waals surface area contributed by atoms with Crippen LogP contribution in [0.4, 0.5) is 0 Å². The van der Waals surface area contributed by atoms with Crippen LogP contribution in [-0.4, -0.2) is 33.5 Å². The Labute approximate surface area is 180 Å². The maximum atomic E-state index is 4.83. The van der Waals surface area contributed by atoms with E-state index in [0.717, 1.165) is 30.6 Å². The summed E-state index contributed by atoms with van der Waals surface area (Å²) in [5, 5.41) is 17.3. The van der Waals surface area contributed by atoms with Gasteiger partial charge in [-0.15, -0.1) is 33.3 Å². The molecule has 0 aliphatic carbocycles. The van der Waals surface area contributed by atoms with Gasteiger partial charge < -0.3 is 15.2 Å². The number of guanidine groups is 1. The van der Waals surface area contributed by atoms with Crippen LogP contribution in [0.5, 0.6) is 0 Å². The number of thioether (sulfide) groups is 1. The van der Waals surface area contributed by atoms with Crippen LogP contribution in [0.1, 0.15) is 27.7 Å². The van der Waals surface area contributed by atoms with Crippen LogP contribution in [0.25, 0.3) is 0 Å². The molecule has 2 heterocycles. The van der Waals surface area contributed by atoms with Gasteiger partial charge in [0.2, 0.25) is 0 Å². The van der Waals surface area contributed by atoms with Crippen LogP contribution in [0.15, 0.2) is 45.6 Å². The molecule has 0 amide bonds. The van der Waals surface area contributed by atoms with E-state index >= 15 is 0 Å². The highest BCUT2D eigenvalue weighted by atomic mass is 32.2. The van der Waals surface area contributed by atoms with Crippen molar-refractivity contribution < 1.29 is 0 Å². The number of benzene rings is 1. The molecule has 0 aliphatic rings. The first kappa shape index (κ1) is 21.4. The van der Waals surface area contributed by atoms with Gasteiger partial charge in [0.05, 0.1) is 13.1 Å². The molecule has 0 saturated heterocycles. The minimum Gasteiger partial charge on any atom is -0.356 e. The van der Waals surface area contributed by atoms with Gasteiger partial charge in [0.15, 0.2) is 11.8 Å². The molecule has 0 aliphatic heterocycles. The van der Waals surface area contributed by atoms with Gasteiger partial charge >= 0.3 is 0 Å². The molecule has 29 heavy (non-hydrogen) atoms. The van der Waals surface area contributed by atoms with Crippen molar-refractivity contribution in [2.45, 2.75) is 38.3 Å². The monoisotopic (exact) mass is 428 g/mol. The van der Waals surface area contributed by atoms with Crippen molar-refractivity contribution in [1.29, 1.82) is 0 Å². The number of hydrogen-bond acceptors (Lipinski definition) is 5. The molecule has 0 spiro atoms. The fourth-order valence-electron chi connectivity index (χ4n) is 2.85. The Balaban J connectivity index is 1.68. The van der Waals surface area contributed by atoms with Crippen LogP contribution in [0.3, 0.4) is 0 Å². The Morgan fingerprint density at radius 2 is 2.07 bits per heavy atom. The van der Waals surface area contributed by atoms with E-state index in [4.69, 9.17) is 4.99 Å². The molecule has 0 saturated carbocycles. The quantitative estimate of drug-likeness (QED) is 0.325. The molecule has 0 radical (unpaired) electrons. The van der Waals surface area contributed by atoms with Gasteiger partial charge in [0, 0.05) is 23.4 Å². The topological polar surface area (TPSA) is 67.1 Å². The summed E-state index contributed by atoms with van der Waals surface area (Å²) in [6, 6.07) is 10.8. The Morgan fingerprint density at radius 1 is 1.21 bits per heavy atom. The highest BCUT2D eigenvalue weighted by Gasteiger charge is 2.07. The average molecular weight is 429 g/mol. The SMILES string of the molecule is CSc1cc(C)ccc1CN=C(NCCc1cccs1)NCc1nnc(C)n1C. The van der Waals surface area contributed by atoms with E-state index in [9.17, 15) is 0 Å². The first-order chi connectivity index (χ1) is 14.1. The Kier molecular flexibility index (Phi) is 7.71. The lowest BCUT2D eigenvalue weighted by atomic mass is 10.1. The summed E-state index contributed by atoms with van der Waals surface area (Å²) in [5.41, 5.74) is 2.50. The number of nitrogens with one attached hydrogen (secondary N) is 2. The second-order valence-corrected chi connectivity index (χ2v) is 8.69. The largest absolute Gasteiger partial charge is 0.356 e. The smallest absolute Gasteiger partial charge is 0.191 e. The Hall–Kier alpha value is -2.32. The second-order valence-electron chi connectivity index (χ2n) is 6.81. The second kappa shape index (κ2) is 10.5. The number of hydrogen-bond donors (Lipinski definition) is 2. The summed E-state index contributed by atoms with van der Waals surface area (Å²) < 4.78 is 1.99. The number of aromatic nitrogens is 3. The molecule has 0 atom stereocenters. The van der Waals surface area contributed by atoms with Crippen LogP contribution in [-0.2, 0) is 26.6 Å². The first-order valence-electron chi connectivity index (χ1n) is 9.59. The third-order valence-electron chi connectivity index (χ3n) is 4.69. The van der Waals surface area contributed by atoms with Crippen LogP contribution in [0.2, 0.25) is 0 Å². The zero-order chi connectivity index (χ0) is 20.6. The van der Waals surface area contributed by atoms with Gasteiger partial charge in [0.25, 0.3) is 0 Å². The van der Waals surface area contributed by atoms with E-state index in [-0.39, 0.29) is 0 Å². The van der Waals surface area contributed by atoms with Crippen molar-refractivity contribution in [3.63, 3.8) is 0 Å². The number of aryl methyl sites for hydroxylation is 2. The molecule has 6 nitrogen and oxygen atoms in total. The normalized spacial score (nSPS) is 11.7. The van der Waals surface area contributed by atoms with Crippen molar-refractivity contribution in [2.75, 3.05) is 12.8 Å². The molecule has 2 aromatic heterocycles. The fourth-order valence-corrected chi connectivity index (χ4v) is 4.26. The fraction of sp³-hybridized carbons (Fsp3) is 0.381. The van der Waals surface area contributed by atoms with E-state index in [1.54, 1.807) is 23.1 Å². The van der Waals surface area contributed by atoms with E-state index < -0.39 is 0 Å². The molecule has 2 N–H and O–H groups in total. The van der Waals surface area contributed by atoms with Gasteiger partial charge in [-0.25, -0.2) is 4.99 Å². The summed E-state index contributed by atoms with van der Waals surface area (Å²) in [4.78, 5) is 7.47. The van der Waals surface area contributed by atoms with E-state index in [0.29, 0.717) is 13.1 Å². The van der Waals surface area contributed by atoms with Gasteiger partial charge in [-0.1, -0.05) is 18.2 Å². The Morgan fingerprint density at radius 3 is 2.76 bits per heavy atom. The van der Waals surface area contributed by atoms with Crippen molar-refractivity contribution in [2.24, 2.45) is 12.0 Å². The maximum absolute atomic E-state index is 4.83. The summed E-state index contributed by atoms with van der Waals surface area (Å²) in [7, 11) is 1.98. The highest BCUT2D eigenvalue weighted by Crippen LogP contribution is 2.22. The molecule has 1 aromatic carbocycles. The summed E-state index contributed by atoms with van der Waals surface area (Å²) in [6.07, 6.45) is 3.08. The number of aliphatic imine (C=N–C) groups is 1. The van der Waals surface area contributed by atoms with E-state index in [2.05, 4.69) is 69.7 Å². The molecular formula is C21H28N6S2. The van der Waals surface area contributed by atoms with Gasteiger partial charge in [-0.05, 0) is 55.2 Å². The summed E-state index contributed by atoms with van der Waals surface area (Å²) in [5.74, 6) is 2.57. The van der Waals surface area contributed by atoms with E-state index in [1.807, 2.05) is 18.5 Å². The average Bonchev–Trinajstić information content (AvgIpc) is 3.35. The molecule has 0 unspecified atom stereocenters. The minimum atomic E-state index is 0.575. The van der Waals surface area contributed by atoms with Crippen LogP contribution >= 0.6 is 23.1 Å². The van der Waals surface area contributed by atoms with Crippen molar-refractivity contribution in [3.8, 4) is 0 Å². The summed E-state index contributed by atoms with van der Waals surface area (Å²) in [6.45, 7) is 6.10. The first-order valence-corrected chi connectivity index (χ1v) is 11.7. The molecule has 8 heteroatoms. The van der Waals surface area contributed by atoms with Gasteiger partial charge in [-0.2, -0.15) is 0 Å². The predicted molar refractivity (Wildman–Crippen MR) is 123 cm³/mol. The van der Waals surface area contributed by atoms with E-state index in [1.165, 1.54) is 20.9 Å². The molecule has 3 rings (SSSR count). The lowest BCUT2D eigenvalue weighted by Crippen LogP contribution is -2.38. The lowest BCUT2D eigenvalue weighted by Gasteiger charge is -2.13. The number of rotatable bonds is 8. The van der Waals surface area contributed by atoms with Crippen LogP contribution < -0.4 is 10.6 Å². The van der Waals surface area contributed by atoms with Crippen molar-refractivity contribution in [3.05, 3.63) is 63.4 Å². The molecule has 3 aromatic rings.